The number of carbonyl (C=O) groups excluding carboxylic acids is 2. The third-order valence-corrected chi connectivity index (χ3v) is 5.48. The van der Waals surface area contributed by atoms with Crippen molar-refractivity contribution < 1.29 is 9.59 Å². The van der Waals surface area contributed by atoms with Crippen LogP contribution in [0.2, 0.25) is 0 Å². The van der Waals surface area contributed by atoms with E-state index in [0.717, 1.165) is 23.2 Å². The van der Waals surface area contributed by atoms with Crippen LogP contribution in [-0.2, 0) is 17.8 Å². The maximum atomic E-state index is 13.1. The van der Waals surface area contributed by atoms with Crippen LogP contribution in [0.4, 0.5) is 16.2 Å². The van der Waals surface area contributed by atoms with E-state index in [-0.39, 0.29) is 11.9 Å². The summed E-state index contributed by atoms with van der Waals surface area (Å²) in [6.07, 6.45) is 1.16. The summed E-state index contributed by atoms with van der Waals surface area (Å²) in [4.78, 5) is 28.9. The quantitative estimate of drug-likeness (QED) is 0.630. The first-order valence-corrected chi connectivity index (χ1v) is 10.6. The highest BCUT2D eigenvalue weighted by atomic mass is 16.2. The van der Waals surface area contributed by atoms with Crippen LogP contribution in [0.5, 0.6) is 0 Å². The highest BCUT2D eigenvalue weighted by Crippen LogP contribution is 2.24. The molecule has 1 N–H and O–H groups in total. The Hall–Kier alpha value is -4.11. The number of hydrogen-bond donors (Lipinski definition) is 1. The molecule has 1 fully saturated rings. The molecule has 6 heteroatoms. The summed E-state index contributed by atoms with van der Waals surface area (Å²) in [5.41, 5.74) is 3.88. The van der Waals surface area contributed by atoms with Crippen molar-refractivity contribution in [3.8, 4) is 6.07 Å². The fraction of sp³-hybridized carbons (Fsp3) is 0.192. The minimum Gasteiger partial charge on any atom is -0.326 e. The van der Waals surface area contributed by atoms with E-state index >= 15 is 0 Å². The molecular formula is C26H24N4O2. The van der Waals surface area contributed by atoms with Crippen LogP contribution < -0.4 is 10.2 Å². The molecule has 0 atom stereocenters. The second-order valence-electron chi connectivity index (χ2n) is 7.74. The van der Waals surface area contributed by atoms with Crippen molar-refractivity contribution in [2.24, 2.45) is 0 Å². The number of nitrogens with one attached hydrogen (secondary N) is 1. The largest absolute Gasteiger partial charge is 0.326 e. The van der Waals surface area contributed by atoms with E-state index in [2.05, 4.69) is 11.4 Å². The van der Waals surface area contributed by atoms with Crippen molar-refractivity contribution >= 4 is 23.3 Å². The predicted molar refractivity (Wildman–Crippen MR) is 124 cm³/mol. The summed E-state index contributed by atoms with van der Waals surface area (Å²) in [6.45, 7) is 1.70. The average Bonchev–Trinajstić information content (AvgIpc) is 2.82. The summed E-state index contributed by atoms with van der Waals surface area (Å²) in [7, 11) is 0. The molecule has 1 saturated heterocycles. The highest BCUT2D eigenvalue weighted by Gasteiger charge is 2.27. The van der Waals surface area contributed by atoms with Crippen molar-refractivity contribution in [1.82, 2.24) is 4.90 Å². The summed E-state index contributed by atoms with van der Waals surface area (Å²) >= 11 is 0. The average molecular weight is 425 g/mol. The van der Waals surface area contributed by atoms with E-state index in [1.807, 2.05) is 72.8 Å². The first-order valence-electron chi connectivity index (χ1n) is 10.6. The number of benzene rings is 3. The van der Waals surface area contributed by atoms with Gasteiger partial charge in [0.15, 0.2) is 0 Å². The van der Waals surface area contributed by atoms with Gasteiger partial charge in [-0.2, -0.15) is 5.26 Å². The minimum absolute atomic E-state index is 0.0788. The predicted octanol–water partition coefficient (Wildman–Crippen LogP) is 4.57. The van der Waals surface area contributed by atoms with Crippen LogP contribution in [-0.4, -0.2) is 29.9 Å². The topological polar surface area (TPSA) is 76.4 Å². The molecule has 0 aromatic heterocycles. The maximum absolute atomic E-state index is 13.1. The van der Waals surface area contributed by atoms with Gasteiger partial charge >= 0.3 is 6.03 Å². The van der Waals surface area contributed by atoms with Gasteiger partial charge in [0.05, 0.1) is 18.1 Å². The molecular weight excluding hydrogens is 400 g/mol. The first kappa shape index (κ1) is 21.1. The number of hydrogen-bond acceptors (Lipinski definition) is 3. The van der Waals surface area contributed by atoms with Gasteiger partial charge in [-0.3, -0.25) is 9.69 Å². The van der Waals surface area contributed by atoms with E-state index in [0.29, 0.717) is 37.3 Å². The molecule has 160 valence electrons. The molecule has 0 spiro atoms. The molecule has 0 aliphatic carbocycles. The van der Waals surface area contributed by atoms with Gasteiger partial charge in [0.2, 0.25) is 5.91 Å². The second-order valence-corrected chi connectivity index (χ2v) is 7.74. The third-order valence-electron chi connectivity index (χ3n) is 5.48. The normalized spacial score (nSPS) is 13.5. The van der Waals surface area contributed by atoms with Gasteiger partial charge in [0.25, 0.3) is 0 Å². The summed E-state index contributed by atoms with van der Waals surface area (Å²) < 4.78 is 0. The van der Waals surface area contributed by atoms with Crippen molar-refractivity contribution in [2.45, 2.75) is 19.4 Å². The molecule has 0 bridgehead atoms. The minimum atomic E-state index is -0.0830. The molecule has 3 aromatic rings. The first-order chi connectivity index (χ1) is 15.6. The number of nitriles is 1. The summed E-state index contributed by atoms with van der Waals surface area (Å²) in [5, 5.41) is 12.2. The van der Waals surface area contributed by atoms with Crippen molar-refractivity contribution in [3.05, 3.63) is 95.6 Å². The molecule has 3 amide bonds. The van der Waals surface area contributed by atoms with Gasteiger partial charge in [-0.05, 0) is 47.9 Å². The van der Waals surface area contributed by atoms with Gasteiger partial charge < -0.3 is 10.2 Å². The fourth-order valence-electron chi connectivity index (χ4n) is 3.85. The molecule has 0 saturated carbocycles. The van der Waals surface area contributed by atoms with E-state index in [1.54, 1.807) is 15.9 Å². The van der Waals surface area contributed by atoms with Gasteiger partial charge in [-0.15, -0.1) is 0 Å². The number of anilines is 2. The van der Waals surface area contributed by atoms with E-state index in [1.165, 1.54) is 0 Å². The van der Waals surface area contributed by atoms with Gasteiger partial charge in [0, 0.05) is 31.0 Å². The van der Waals surface area contributed by atoms with E-state index in [9.17, 15) is 14.9 Å². The summed E-state index contributed by atoms with van der Waals surface area (Å²) in [6, 6.07) is 26.4. The smallest absolute Gasteiger partial charge is 0.324 e. The van der Waals surface area contributed by atoms with Crippen LogP contribution >= 0.6 is 0 Å². The zero-order valence-electron chi connectivity index (χ0n) is 17.7. The number of amides is 3. The molecule has 32 heavy (non-hydrogen) atoms. The lowest BCUT2D eigenvalue weighted by atomic mass is 10.1. The zero-order valence-corrected chi connectivity index (χ0v) is 17.7. The Labute approximate surface area is 187 Å². The number of carbonyl (C=O) groups is 2. The molecule has 1 aliphatic heterocycles. The molecule has 1 aliphatic rings. The van der Waals surface area contributed by atoms with Crippen LogP contribution in [0.15, 0.2) is 78.9 Å². The van der Waals surface area contributed by atoms with Crippen molar-refractivity contribution in [3.63, 3.8) is 0 Å². The Morgan fingerprint density at radius 2 is 1.66 bits per heavy atom. The number of urea groups is 1. The molecule has 0 unspecified atom stereocenters. The fourth-order valence-corrected chi connectivity index (χ4v) is 3.85. The molecule has 3 aromatic carbocycles. The van der Waals surface area contributed by atoms with Crippen LogP contribution in [0, 0.1) is 11.3 Å². The third kappa shape index (κ3) is 4.96. The molecule has 4 rings (SSSR count). The standard InChI is InChI=1S/C26H24N4O2/c27-18-21-9-4-5-10-22(21)19-29-15-6-16-30(26(29)32)24-13-11-23(12-14-24)28-25(31)17-20-7-2-1-3-8-20/h1-5,7-14H,6,15-17,19H2,(H,28,31). The Bertz CT molecular complexity index is 1140. The van der Waals surface area contributed by atoms with Gasteiger partial charge in [-0.25, -0.2) is 4.79 Å². The lowest BCUT2D eigenvalue weighted by Gasteiger charge is -2.36. The number of nitrogens with zero attached hydrogens (tertiary/aromatic N) is 3. The summed E-state index contributed by atoms with van der Waals surface area (Å²) in [5.74, 6) is -0.0830. The lowest BCUT2D eigenvalue weighted by molar-refractivity contribution is -0.115. The van der Waals surface area contributed by atoms with Crippen LogP contribution in [0.3, 0.4) is 0 Å². The van der Waals surface area contributed by atoms with E-state index in [4.69, 9.17) is 0 Å². The van der Waals surface area contributed by atoms with Gasteiger partial charge in [0.1, 0.15) is 0 Å². The van der Waals surface area contributed by atoms with Gasteiger partial charge in [-0.1, -0.05) is 48.5 Å². The zero-order chi connectivity index (χ0) is 22.3. The molecule has 6 nitrogen and oxygen atoms in total. The van der Waals surface area contributed by atoms with E-state index < -0.39 is 0 Å². The van der Waals surface area contributed by atoms with Crippen LogP contribution in [0.25, 0.3) is 0 Å². The SMILES string of the molecule is N#Cc1ccccc1CN1CCCN(c2ccc(NC(=O)Cc3ccccc3)cc2)C1=O. The molecule has 1 heterocycles. The van der Waals surface area contributed by atoms with Crippen LogP contribution in [0.1, 0.15) is 23.1 Å². The Morgan fingerprint density at radius 1 is 0.938 bits per heavy atom. The Morgan fingerprint density at radius 3 is 2.41 bits per heavy atom. The molecule has 0 radical (unpaired) electrons. The monoisotopic (exact) mass is 424 g/mol. The Balaban J connectivity index is 1.40. The maximum Gasteiger partial charge on any atom is 0.324 e. The second kappa shape index (κ2) is 9.80. The Kier molecular flexibility index (Phi) is 6.47. The van der Waals surface area contributed by atoms with Crippen molar-refractivity contribution in [1.29, 1.82) is 5.26 Å². The van der Waals surface area contributed by atoms with Crippen molar-refractivity contribution in [2.75, 3.05) is 23.3 Å². The highest BCUT2D eigenvalue weighted by molar-refractivity contribution is 5.94. The lowest BCUT2D eigenvalue weighted by Crippen LogP contribution is -2.49. The number of rotatable bonds is 6.